The fourth-order valence-electron chi connectivity index (χ4n) is 3.40. The highest BCUT2D eigenvalue weighted by atomic mass is 16.5. The Balaban J connectivity index is 1.41. The lowest BCUT2D eigenvalue weighted by Gasteiger charge is -2.34. The van der Waals surface area contributed by atoms with E-state index in [0.717, 1.165) is 19.4 Å². The summed E-state index contributed by atoms with van der Waals surface area (Å²) in [4.78, 5) is 32.6. The number of aryl methyl sites for hydroxylation is 1. The molecule has 1 aliphatic rings. The molecule has 0 bridgehead atoms. The van der Waals surface area contributed by atoms with Crippen molar-refractivity contribution in [1.82, 2.24) is 19.7 Å². The van der Waals surface area contributed by atoms with Gasteiger partial charge >= 0.3 is 0 Å². The molecule has 3 heterocycles. The maximum absolute atomic E-state index is 12.5. The van der Waals surface area contributed by atoms with Gasteiger partial charge in [0.2, 0.25) is 5.89 Å². The van der Waals surface area contributed by atoms with Crippen molar-refractivity contribution in [3.05, 3.63) is 42.2 Å². The molecule has 1 saturated carbocycles. The van der Waals surface area contributed by atoms with Crippen LogP contribution in [0, 0.1) is 5.92 Å². The zero-order valence-corrected chi connectivity index (χ0v) is 17.2. The van der Waals surface area contributed by atoms with E-state index in [-0.39, 0.29) is 23.0 Å². The number of nitrogens with zero attached hydrogens (tertiary/aromatic N) is 4. The number of hydrogen-bond donors (Lipinski definition) is 3. The zero-order chi connectivity index (χ0) is 22.0. The van der Waals surface area contributed by atoms with Gasteiger partial charge in [0, 0.05) is 38.7 Å². The van der Waals surface area contributed by atoms with Crippen LogP contribution in [0.15, 0.2) is 35.2 Å². The summed E-state index contributed by atoms with van der Waals surface area (Å²) in [5.41, 5.74) is 6.19. The number of pyridine rings is 1. The second-order valence-corrected chi connectivity index (χ2v) is 7.43. The van der Waals surface area contributed by atoms with Crippen molar-refractivity contribution in [3.8, 4) is 11.5 Å². The first kappa shape index (κ1) is 20.5. The number of hydrogen-bond acceptors (Lipinski definition) is 8. The number of methoxy groups -OCH3 is 1. The van der Waals surface area contributed by atoms with Crippen LogP contribution in [-0.4, -0.2) is 51.3 Å². The molecule has 162 valence electrons. The van der Waals surface area contributed by atoms with Gasteiger partial charge < -0.3 is 25.5 Å². The summed E-state index contributed by atoms with van der Waals surface area (Å²) in [6.07, 6.45) is 6.81. The quantitative estimate of drug-likeness (QED) is 0.493. The van der Waals surface area contributed by atoms with Gasteiger partial charge in [-0.05, 0) is 30.9 Å². The number of carbonyl (C=O) groups excluding carboxylic acids is 2. The predicted octanol–water partition coefficient (Wildman–Crippen LogP) is 1.66. The molecule has 11 nitrogen and oxygen atoms in total. The molecule has 3 aromatic rings. The first-order valence-electron chi connectivity index (χ1n) is 9.76. The van der Waals surface area contributed by atoms with E-state index in [1.165, 1.54) is 17.1 Å². The van der Waals surface area contributed by atoms with Crippen molar-refractivity contribution in [1.29, 1.82) is 0 Å². The third kappa shape index (κ3) is 4.56. The van der Waals surface area contributed by atoms with Crippen LogP contribution in [0.2, 0.25) is 0 Å². The average molecular weight is 425 g/mol. The number of ether oxygens (including phenoxy) is 1. The summed E-state index contributed by atoms with van der Waals surface area (Å²) in [5, 5.41) is 9.82. The lowest BCUT2D eigenvalue weighted by atomic mass is 9.82. The fourth-order valence-corrected chi connectivity index (χ4v) is 3.40. The van der Waals surface area contributed by atoms with Crippen LogP contribution in [0.3, 0.4) is 0 Å². The molecule has 1 aliphatic carbocycles. The Labute approximate surface area is 178 Å². The second-order valence-electron chi connectivity index (χ2n) is 7.43. The van der Waals surface area contributed by atoms with Crippen LogP contribution in [0.25, 0.3) is 11.5 Å². The molecule has 11 heteroatoms. The minimum atomic E-state index is -0.742. The molecular weight excluding hydrogens is 402 g/mol. The van der Waals surface area contributed by atoms with Crippen molar-refractivity contribution in [2.24, 2.45) is 18.7 Å². The van der Waals surface area contributed by atoms with Gasteiger partial charge in [0.1, 0.15) is 12.1 Å². The summed E-state index contributed by atoms with van der Waals surface area (Å²) in [7, 11) is 3.35. The van der Waals surface area contributed by atoms with Gasteiger partial charge in [-0.3, -0.25) is 14.3 Å². The van der Waals surface area contributed by atoms with Crippen molar-refractivity contribution < 1.29 is 18.7 Å². The number of anilines is 2. The second kappa shape index (κ2) is 8.56. The third-order valence-electron chi connectivity index (χ3n) is 5.15. The number of amides is 2. The Morgan fingerprint density at radius 2 is 2.19 bits per heavy atom. The molecule has 0 saturated heterocycles. The van der Waals surface area contributed by atoms with Gasteiger partial charge in [0.25, 0.3) is 11.8 Å². The summed E-state index contributed by atoms with van der Waals surface area (Å²) in [5.74, 6) is 0.248. The van der Waals surface area contributed by atoms with Crippen molar-refractivity contribution in [2.75, 3.05) is 24.3 Å². The van der Waals surface area contributed by atoms with Crippen molar-refractivity contribution >= 4 is 23.3 Å². The Bertz CT molecular complexity index is 1100. The highest BCUT2D eigenvalue weighted by molar-refractivity contribution is 6.07. The zero-order valence-electron chi connectivity index (χ0n) is 17.2. The van der Waals surface area contributed by atoms with Gasteiger partial charge in [-0.25, -0.2) is 9.97 Å². The van der Waals surface area contributed by atoms with E-state index < -0.39 is 11.8 Å². The van der Waals surface area contributed by atoms with Crippen LogP contribution in [0.1, 0.15) is 33.8 Å². The molecule has 0 unspecified atom stereocenters. The standard InChI is InChI=1S/C20H23N7O4/c1-27-9-14(17(26-27)18(21)28)24-19(29)15-10-31-20(25-15)12-3-4-22-16(7-12)23-8-11-5-13(6-11)30-2/h3-4,7,9-11,13H,5-6,8H2,1-2H3,(H2,21,28)(H,22,23)(H,24,29). The van der Waals surface area contributed by atoms with Crippen LogP contribution < -0.4 is 16.4 Å². The lowest BCUT2D eigenvalue weighted by molar-refractivity contribution is 0.00561. The van der Waals surface area contributed by atoms with E-state index in [2.05, 4.69) is 25.7 Å². The maximum Gasteiger partial charge on any atom is 0.277 e. The number of primary amides is 1. The number of oxazole rings is 1. The van der Waals surface area contributed by atoms with E-state index in [1.54, 1.807) is 26.4 Å². The summed E-state index contributed by atoms with van der Waals surface area (Å²) >= 11 is 0. The first-order chi connectivity index (χ1) is 14.9. The molecule has 4 N–H and O–H groups in total. The average Bonchev–Trinajstić information content (AvgIpc) is 3.34. The summed E-state index contributed by atoms with van der Waals surface area (Å²) in [6, 6.07) is 3.56. The fraction of sp³-hybridized carbons (Fsp3) is 0.350. The lowest BCUT2D eigenvalue weighted by Crippen LogP contribution is -2.34. The van der Waals surface area contributed by atoms with Gasteiger partial charge in [-0.1, -0.05) is 0 Å². The Hall–Kier alpha value is -3.73. The summed E-state index contributed by atoms with van der Waals surface area (Å²) in [6.45, 7) is 0.808. The third-order valence-corrected chi connectivity index (χ3v) is 5.15. The number of nitrogens with one attached hydrogen (secondary N) is 2. The SMILES string of the molecule is COC1CC(CNc2cc(-c3nc(C(=O)Nc4cn(C)nc4C(N)=O)co3)ccn2)C1. The Kier molecular flexibility index (Phi) is 5.67. The molecule has 0 aromatic carbocycles. The smallest absolute Gasteiger partial charge is 0.277 e. The number of aromatic nitrogens is 4. The largest absolute Gasteiger partial charge is 0.444 e. The van der Waals surface area contributed by atoms with E-state index in [1.807, 2.05) is 6.07 Å². The van der Waals surface area contributed by atoms with Crippen LogP contribution in [0.4, 0.5) is 11.5 Å². The van der Waals surface area contributed by atoms with E-state index in [9.17, 15) is 9.59 Å². The molecule has 31 heavy (non-hydrogen) atoms. The van der Waals surface area contributed by atoms with Crippen molar-refractivity contribution in [2.45, 2.75) is 18.9 Å². The number of nitrogens with two attached hydrogens (primary N) is 1. The van der Waals surface area contributed by atoms with Gasteiger partial charge in [0.15, 0.2) is 11.4 Å². The summed E-state index contributed by atoms with van der Waals surface area (Å²) < 4.78 is 12.2. The highest BCUT2D eigenvalue weighted by Gasteiger charge is 2.28. The monoisotopic (exact) mass is 425 g/mol. The molecular formula is C20H23N7O4. The normalized spacial score (nSPS) is 17.7. The van der Waals surface area contributed by atoms with Crippen LogP contribution in [0.5, 0.6) is 0 Å². The van der Waals surface area contributed by atoms with Gasteiger partial charge in [-0.2, -0.15) is 5.10 Å². The van der Waals surface area contributed by atoms with Gasteiger partial charge in [0.05, 0.1) is 11.8 Å². The molecule has 0 aliphatic heterocycles. The predicted molar refractivity (Wildman–Crippen MR) is 111 cm³/mol. The van der Waals surface area contributed by atoms with Crippen LogP contribution >= 0.6 is 0 Å². The molecule has 1 fully saturated rings. The minimum absolute atomic E-state index is 0.0345. The topological polar surface area (TPSA) is 150 Å². The molecule has 4 rings (SSSR count). The Morgan fingerprint density at radius 3 is 2.94 bits per heavy atom. The number of rotatable bonds is 8. The van der Waals surface area contributed by atoms with Crippen LogP contribution in [-0.2, 0) is 11.8 Å². The minimum Gasteiger partial charge on any atom is -0.444 e. The first-order valence-corrected chi connectivity index (χ1v) is 9.76. The van der Waals surface area contributed by atoms with Gasteiger partial charge in [-0.15, -0.1) is 0 Å². The number of carbonyl (C=O) groups is 2. The van der Waals surface area contributed by atoms with Crippen molar-refractivity contribution in [3.63, 3.8) is 0 Å². The molecule has 0 atom stereocenters. The maximum atomic E-state index is 12.5. The van der Waals surface area contributed by atoms with E-state index in [4.69, 9.17) is 14.9 Å². The molecule has 0 radical (unpaired) electrons. The van der Waals surface area contributed by atoms with E-state index in [0.29, 0.717) is 23.4 Å². The molecule has 0 spiro atoms. The molecule has 3 aromatic heterocycles. The highest BCUT2D eigenvalue weighted by Crippen LogP contribution is 2.30. The molecule has 2 amide bonds. The van der Waals surface area contributed by atoms with E-state index >= 15 is 0 Å². The Morgan fingerprint density at radius 1 is 1.39 bits per heavy atom.